The first-order valence-corrected chi connectivity index (χ1v) is 11.6. The van der Waals surface area contributed by atoms with Crippen molar-refractivity contribution in [1.29, 1.82) is 0 Å². The van der Waals surface area contributed by atoms with Crippen LogP contribution in [0.3, 0.4) is 0 Å². The maximum atomic E-state index is 13.2. The van der Waals surface area contributed by atoms with Crippen molar-refractivity contribution in [3.8, 4) is 16.3 Å². The van der Waals surface area contributed by atoms with Gasteiger partial charge in [-0.2, -0.15) is 0 Å². The molecule has 4 rings (SSSR count). The van der Waals surface area contributed by atoms with Crippen LogP contribution in [0, 0.1) is 0 Å². The number of amides is 2. The van der Waals surface area contributed by atoms with Crippen LogP contribution in [0.15, 0.2) is 78.9 Å². The van der Waals surface area contributed by atoms with Crippen LogP contribution in [-0.4, -0.2) is 35.2 Å². The number of benzene rings is 3. The molecular formula is C25H21ClN4O3S. The zero-order valence-electron chi connectivity index (χ0n) is 18.2. The van der Waals surface area contributed by atoms with Crippen LogP contribution in [0.1, 0.15) is 15.9 Å². The molecule has 1 heterocycles. The van der Waals surface area contributed by atoms with Gasteiger partial charge in [-0.05, 0) is 35.9 Å². The van der Waals surface area contributed by atoms with E-state index in [1.807, 2.05) is 54.6 Å². The summed E-state index contributed by atoms with van der Waals surface area (Å²) in [6, 6.07) is 22.6. The highest BCUT2D eigenvalue weighted by molar-refractivity contribution is 7.18. The lowest BCUT2D eigenvalue weighted by molar-refractivity contribution is -0.118. The summed E-state index contributed by atoms with van der Waals surface area (Å²) in [5.74, 6) is -0.0922. The van der Waals surface area contributed by atoms with Gasteiger partial charge < -0.3 is 10.1 Å². The van der Waals surface area contributed by atoms with Crippen molar-refractivity contribution in [2.24, 2.45) is 0 Å². The molecule has 172 valence electrons. The lowest BCUT2D eigenvalue weighted by Crippen LogP contribution is -2.45. The quantitative estimate of drug-likeness (QED) is 0.367. The van der Waals surface area contributed by atoms with Crippen LogP contribution in [0.5, 0.6) is 5.75 Å². The van der Waals surface area contributed by atoms with Gasteiger partial charge >= 0.3 is 0 Å². The maximum Gasteiger partial charge on any atom is 0.251 e. The predicted octanol–water partition coefficient (Wildman–Crippen LogP) is 4.85. The van der Waals surface area contributed by atoms with Gasteiger partial charge in [-0.25, -0.2) is 0 Å². The Labute approximate surface area is 205 Å². The number of hydrogen-bond acceptors (Lipinski definition) is 6. The van der Waals surface area contributed by atoms with Crippen molar-refractivity contribution in [2.75, 3.05) is 12.4 Å². The second kappa shape index (κ2) is 10.9. The number of methoxy groups -OCH3 is 1. The van der Waals surface area contributed by atoms with Gasteiger partial charge in [-0.1, -0.05) is 71.5 Å². The van der Waals surface area contributed by atoms with Crippen LogP contribution in [0.25, 0.3) is 10.6 Å². The van der Waals surface area contributed by atoms with E-state index < -0.39 is 17.9 Å². The van der Waals surface area contributed by atoms with Crippen molar-refractivity contribution in [3.05, 3.63) is 95.0 Å². The number of nitrogens with one attached hydrogen (secondary N) is 2. The highest BCUT2D eigenvalue weighted by Crippen LogP contribution is 2.28. The standard InChI is InChI=1S/C25H21ClN4O3S/c1-33-20-12-6-10-18(15-20)24-29-30-25(34-24)28-23(32)21(13-16-7-3-2-4-8-16)27-22(31)17-9-5-11-19(26)14-17/h2-12,14-15,21H,13H2,1H3,(H,27,31)(H,28,30,32)/t21-/m0/s1. The molecule has 0 radical (unpaired) electrons. The zero-order valence-corrected chi connectivity index (χ0v) is 19.8. The lowest BCUT2D eigenvalue weighted by atomic mass is 10.0. The van der Waals surface area contributed by atoms with E-state index in [4.69, 9.17) is 16.3 Å². The first-order valence-electron chi connectivity index (χ1n) is 10.4. The highest BCUT2D eigenvalue weighted by Gasteiger charge is 2.23. The van der Waals surface area contributed by atoms with Gasteiger partial charge in [-0.3, -0.25) is 14.9 Å². The monoisotopic (exact) mass is 492 g/mol. The van der Waals surface area contributed by atoms with Crippen molar-refractivity contribution in [3.63, 3.8) is 0 Å². The molecule has 0 spiro atoms. The lowest BCUT2D eigenvalue weighted by Gasteiger charge is -2.18. The molecule has 9 heteroatoms. The van der Waals surface area contributed by atoms with Crippen LogP contribution >= 0.6 is 22.9 Å². The molecule has 2 amide bonds. The molecule has 0 aliphatic rings. The first-order chi connectivity index (χ1) is 16.5. The minimum absolute atomic E-state index is 0.306. The Kier molecular flexibility index (Phi) is 7.51. The van der Waals surface area contributed by atoms with Gasteiger partial charge in [0.05, 0.1) is 7.11 Å². The highest BCUT2D eigenvalue weighted by atomic mass is 35.5. The topological polar surface area (TPSA) is 93.2 Å². The Morgan fingerprint density at radius 1 is 1.00 bits per heavy atom. The van der Waals surface area contributed by atoms with Gasteiger partial charge in [0.25, 0.3) is 5.91 Å². The number of aromatic nitrogens is 2. The molecular weight excluding hydrogens is 472 g/mol. The second-order valence-corrected chi connectivity index (χ2v) is 8.77. The maximum absolute atomic E-state index is 13.2. The fourth-order valence-corrected chi connectivity index (χ4v) is 4.20. The second-order valence-electron chi connectivity index (χ2n) is 7.36. The fourth-order valence-electron chi connectivity index (χ4n) is 3.27. The zero-order chi connectivity index (χ0) is 23.9. The van der Waals surface area contributed by atoms with E-state index in [-0.39, 0.29) is 0 Å². The van der Waals surface area contributed by atoms with Crippen LogP contribution in [0.2, 0.25) is 5.02 Å². The number of carbonyl (C=O) groups excluding carboxylic acids is 2. The van der Waals surface area contributed by atoms with Gasteiger partial charge in [0.1, 0.15) is 16.8 Å². The number of hydrogen-bond donors (Lipinski definition) is 2. The van der Waals surface area contributed by atoms with E-state index in [0.717, 1.165) is 11.1 Å². The van der Waals surface area contributed by atoms with Crippen molar-refractivity contribution >= 4 is 39.9 Å². The normalized spacial score (nSPS) is 11.5. The molecule has 0 fully saturated rings. The summed E-state index contributed by atoms with van der Waals surface area (Å²) in [6.07, 6.45) is 0.306. The van der Waals surface area contributed by atoms with E-state index >= 15 is 0 Å². The molecule has 1 aromatic heterocycles. The average Bonchev–Trinajstić information content (AvgIpc) is 3.32. The van der Waals surface area contributed by atoms with E-state index in [2.05, 4.69) is 20.8 Å². The Balaban J connectivity index is 1.52. The van der Waals surface area contributed by atoms with Gasteiger partial charge in [0.2, 0.25) is 11.0 Å². The minimum Gasteiger partial charge on any atom is -0.497 e. The predicted molar refractivity (Wildman–Crippen MR) is 133 cm³/mol. The molecule has 3 aromatic carbocycles. The SMILES string of the molecule is COc1cccc(-c2nnc(NC(=O)[C@H](Cc3ccccc3)NC(=O)c3cccc(Cl)c3)s2)c1. The largest absolute Gasteiger partial charge is 0.497 e. The van der Waals surface area contributed by atoms with Crippen LogP contribution in [0.4, 0.5) is 5.13 Å². The van der Waals surface area contributed by atoms with Crippen LogP contribution < -0.4 is 15.4 Å². The molecule has 0 bridgehead atoms. The Bertz CT molecular complexity index is 1300. The minimum atomic E-state index is -0.835. The van der Waals surface area contributed by atoms with Crippen molar-refractivity contribution in [1.82, 2.24) is 15.5 Å². The van der Waals surface area contributed by atoms with E-state index in [1.54, 1.807) is 31.4 Å². The molecule has 0 saturated carbocycles. The van der Waals surface area contributed by atoms with Crippen LogP contribution in [-0.2, 0) is 11.2 Å². The Hall–Kier alpha value is -3.75. The molecule has 0 unspecified atom stereocenters. The molecule has 0 aliphatic carbocycles. The number of rotatable bonds is 8. The van der Waals surface area contributed by atoms with Crippen molar-refractivity contribution in [2.45, 2.75) is 12.5 Å². The molecule has 0 aliphatic heterocycles. The third kappa shape index (κ3) is 5.98. The van der Waals surface area contributed by atoms with E-state index in [1.165, 1.54) is 11.3 Å². The first kappa shape index (κ1) is 23.4. The summed E-state index contributed by atoms with van der Waals surface area (Å²) in [6.45, 7) is 0. The molecule has 7 nitrogen and oxygen atoms in total. The smallest absolute Gasteiger partial charge is 0.251 e. The summed E-state index contributed by atoms with van der Waals surface area (Å²) in [5, 5.41) is 15.3. The van der Waals surface area contributed by atoms with E-state index in [9.17, 15) is 9.59 Å². The van der Waals surface area contributed by atoms with Gasteiger partial charge in [0, 0.05) is 22.6 Å². The number of ether oxygens (including phenoxy) is 1. The Morgan fingerprint density at radius 2 is 1.79 bits per heavy atom. The number of carbonyl (C=O) groups is 2. The molecule has 4 aromatic rings. The van der Waals surface area contributed by atoms with Gasteiger partial charge in [-0.15, -0.1) is 10.2 Å². The number of halogens is 1. The van der Waals surface area contributed by atoms with E-state index in [0.29, 0.717) is 32.9 Å². The molecule has 34 heavy (non-hydrogen) atoms. The van der Waals surface area contributed by atoms with Crippen molar-refractivity contribution < 1.29 is 14.3 Å². The summed E-state index contributed by atoms with van der Waals surface area (Å²) in [4.78, 5) is 26.0. The summed E-state index contributed by atoms with van der Waals surface area (Å²) < 4.78 is 5.25. The number of nitrogens with zero attached hydrogens (tertiary/aromatic N) is 2. The summed E-state index contributed by atoms with van der Waals surface area (Å²) >= 11 is 7.25. The summed E-state index contributed by atoms with van der Waals surface area (Å²) in [7, 11) is 1.59. The molecule has 1 atom stereocenters. The third-order valence-electron chi connectivity index (χ3n) is 4.96. The molecule has 2 N–H and O–H groups in total. The third-order valence-corrected chi connectivity index (χ3v) is 6.09. The summed E-state index contributed by atoms with van der Waals surface area (Å²) in [5.41, 5.74) is 2.10. The Morgan fingerprint density at radius 3 is 2.56 bits per heavy atom. The molecule has 0 saturated heterocycles. The number of anilines is 1. The average molecular weight is 493 g/mol. The van der Waals surface area contributed by atoms with Gasteiger partial charge in [0.15, 0.2) is 0 Å². The fraction of sp³-hybridized carbons (Fsp3) is 0.120.